The number of rotatable bonds is 10. The highest BCUT2D eigenvalue weighted by molar-refractivity contribution is 7.00. The summed E-state index contributed by atoms with van der Waals surface area (Å²) in [6, 6.07) is 92.9. The highest BCUT2D eigenvalue weighted by atomic mass is 15.2. The lowest BCUT2D eigenvalue weighted by Gasteiger charge is -2.46. The molecule has 0 amide bonds. The minimum absolute atomic E-state index is 0.00707. The Balaban J connectivity index is 0.949. The van der Waals surface area contributed by atoms with Gasteiger partial charge in [0.1, 0.15) is 0 Å². The fourth-order valence-electron chi connectivity index (χ4n) is 18.7. The van der Waals surface area contributed by atoms with E-state index in [1.54, 1.807) is 57.7 Å². The van der Waals surface area contributed by atoms with Crippen molar-refractivity contribution in [1.82, 2.24) is 9.13 Å². The number of hydrogen-bond donors (Lipinski definition) is 0. The minimum atomic E-state index is -1.07. The fraction of sp³-hybridized carbons (Fsp3) is 0.0702. The van der Waals surface area contributed by atoms with Crippen LogP contribution in [0.2, 0.25) is 0 Å². The van der Waals surface area contributed by atoms with E-state index in [0.29, 0.717) is 67.2 Å². The molecule has 2 aromatic heterocycles. The molecule has 0 saturated heterocycles. The molecule has 5 heteroatoms. The van der Waals surface area contributed by atoms with Crippen molar-refractivity contribution in [2.75, 3.05) is 9.80 Å². The largest absolute Gasteiger partial charge is 0.310 e. The van der Waals surface area contributed by atoms with Crippen LogP contribution in [0.15, 0.2) is 394 Å². The molecule has 0 atom stereocenters. The monoisotopic (exact) mass is 1530 g/mol. The molecule has 0 saturated carbocycles. The van der Waals surface area contributed by atoms with Gasteiger partial charge in [0.2, 0.25) is 0 Å². The normalized spacial score (nSPS) is 14.6. The van der Waals surface area contributed by atoms with E-state index in [4.69, 9.17) is 0 Å². The predicted octanol–water partition coefficient (Wildman–Crippen LogP) is 29.2. The maximum atomic E-state index is 12.1. The Morgan fingerprint density at radius 2 is 0.630 bits per heavy atom. The molecule has 0 fully saturated rings. The van der Waals surface area contributed by atoms with Gasteiger partial charge in [0.25, 0.3) is 6.71 Å². The van der Waals surface area contributed by atoms with Crippen LogP contribution in [-0.2, 0) is 10.8 Å². The van der Waals surface area contributed by atoms with Gasteiger partial charge >= 0.3 is 0 Å². The first kappa shape index (κ1) is 55.1. The first-order valence-corrected chi connectivity index (χ1v) is 40.5. The molecular weight excluding hydrogens is 1440 g/mol. The Labute approximate surface area is 716 Å². The second-order valence-electron chi connectivity index (χ2n) is 33.4. The van der Waals surface area contributed by atoms with Gasteiger partial charge in [0.05, 0.1) is 55.4 Å². The van der Waals surface area contributed by atoms with Crippen LogP contribution >= 0.6 is 0 Å². The molecule has 2 aliphatic heterocycles. The molecule has 119 heavy (non-hydrogen) atoms. The zero-order chi connectivity index (χ0) is 93.4. The molecule has 0 radical (unpaired) electrons. The quantitative estimate of drug-likeness (QED) is 0.100. The average molecular weight is 1540 g/mol. The van der Waals surface area contributed by atoms with Gasteiger partial charge in [0.15, 0.2) is 0 Å². The van der Waals surface area contributed by atoms with Crippen LogP contribution in [0.4, 0.5) is 34.1 Å². The molecule has 0 bridgehead atoms. The lowest BCUT2D eigenvalue weighted by atomic mass is 9.33. The van der Waals surface area contributed by atoms with E-state index in [0.717, 1.165) is 93.2 Å². The molecule has 23 rings (SSSR count). The summed E-state index contributed by atoms with van der Waals surface area (Å²) in [6.07, 6.45) is 0. The Kier molecular flexibility index (Phi) is 12.5. The number of hydrogen-bond acceptors (Lipinski definition) is 2. The Bertz CT molecular complexity index is 8590. The average Bonchev–Trinajstić information content (AvgIpc) is 1.19. The number of nitrogens with zero attached hydrogens (tertiary/aromatic N) is 4. The van der Waals surface area contributed by atoms with Gasteiger partial charge in [-0.1, -0.05) is 351 Å². The van der Waals surface area contributed by atoms with Crippen LogP contribution in [0.5, 0.6) is 0 Å². The van der Waals surface area contributed by atoms with E-state index < -0.39 is 65.9 Å². The van der Waals surface area contributed by atoms with Gasteiger partial charge in [0, 0.05) is 77.9 Å². The summed E-state index contributed by atoms with van der Waals surface area (Å²) < 4.78 is 168. The van der Waals surface area contributed by atoms with E-state index in [1.165, 1.54) is 0 Å². The van der Waals surface area contributed by atoms with E-state index in [2.05, 4.69) is 182 Å². The zero-order valence-corrected chi connectivity index (χ0v) is 66.2. The van der Waals surface area contributed by atoms with Crippen molar-refractivity contribution in [3.05, 3.63) is 405 Å². The van der Waals surface area contributed by atoms with Crippen molar-refractivity contribution in [1.29, 1.82) is 0 Å². The molecular formula is C114H83BN4. The molecule has 19 aromatic carbocycles. The van der Waals surface area contributed by atoms with Crippen molar-refractivity contribution < 1.29 is 21.9 Å². The number of benzene rings is 19. The summed E-state index contributed by atoms with van der Waals surface area (Å²) in [5.41, 5.74) is 12.4. The second-order valence-corrected chi connectivity index (χ2v) is 33.4. The molecule has 4 heterocycles. The Morgan fingerprint density at radius 1 is 0.261 bits per heavy atom. The van der Waals surface area contributed by atoms with Crippen molar-refractivity contribution in [3.8, 4) is 78.1 Å². The second kappa shape index (κ2) is 27.0. The Morgan fingerprint density at radius 3 is 1.08 bits per heavy atom. The summed E-state index contributed by atoms with van der Waals surface area (Å²) in [7, 11) is 0. The van der Waals surface area contributed by atoms with Crippen molar-refractivity contribution in [3.63, 3.8) is 0 Å². The van der Waals surface area contributed by atoms with Crippen LogP contribution in [0.25, 0.3) is 165 Å². The maximum absolute atomic E-state index is 12.1. The first-order valence-electron chi connectivity index (χ1n) is 48.5. The van der Waals surface area contributed by atoms with E-state index >= 15 is 0 Å². The van der Waals surface area contributed by atoms with Crippen molar-refractivity contribution in [2.45, 2.75) is 52.4 Å². The highest BCUT2D eigenvalue weighted by Crippen LogP contribution is 2.57. The smallest absolute Gasteiger partial charge is 0.252 e. The molecule has 21 aromatic rings. The van der Waals surface area contributed by atoms with Crippen LogP contribution in [0, 0.1) is 0 Å². The van der Waals surface area contributed by atoms with Crippen LogP contribution in [0.3, 0.4) is 0 Å². The summed E-state index contributed by atoms with van der Waals surface area (Å²) in [6.45, 7) is 11.6. The summed E-state index contributed by atoms with van der Waals surface area (Å²) in [5, 5.41) is 7.81. The van der Waals surface area contributed by atoms with Gasteiger partial charge in [-0.2, -0.15) is 0 Å². The number of anilines is 6. The van der Waals surface area contributed by atoms with Gasteiger partial charge in [-0.25, -0.2) is 0 Å². The SMILES string of the molecule is [2H]c1c2c3c(c([2H])c1C(C)(C)C)N(c1c(-c4cccc5ccc6ccccc6c45)cccc1-c1cccc4ccc5ccccc5c14)c1cc(-n4c5c([2H])c([2H])c([2H])c([2H])c5c5c([2H])c(-c6ccccc6)c([2H])c([2H])c54)ccc1B3c1ccc(-n3c4c([2H])c([2H])c([2H])c([2H])c4c4c([2H])c(-c5ccccc5)c([2H])c([2H])c43)cc1N2c1c(-c2ccccc2)cc(C(C)(C)C)cc1-c1ccccc1. The lowest BCUT2D eigenvalue weighted by molar-refractivity contribution is 0.590. The summed E-state index contributed by atoms with van der Waals surface area (Å²) in [5.74, 6) is 0. The highest BCUT2D eigenvalue weighted by Gasteiger charge is 2.47. The molecule has 2 aliphatic rings. The topological polar surface area (TPSA) is 16.3 Å². The number of fused-ring (bicyclic) bond motifs is 16. The van der Waals surface area contributed by atoms with Crippen LogP contribution in [0.1, 0.15) is 74.6 Å². The fourth-order valence-corrected chi connectivity index (χ4v) is 18.7. The lowest BCUT2D eigenvalue weighted by Crippen LogP contribution is -2.61. The summed E-state index contributed by atoms with van der Waals surface area (Å²) >= 11 is 0. The van der Waals surface area contributed by atoms with Crippen LogP contribution in [-0.4, -0.2) is 15.8 Å². The zero-order valence-electron chi connectivity index (χ0n) is 82.2. The molecule has 4 nitrogen and oxygen atoms in total. The maximum Gasteiger partial charge on any atom is 0.252 e. The van der Waals surface area contributed by atoms with Crippen molar-refractivity contribution in [2.24, 2.45) is 0 Å². The van der Waals surface area contributed by atoms with E-state index in [1.807, 2.05) is 118 Å². The van der Waals surface area contributed by atoms with Gasteiger partial charge < -0.3 is 18.9 Å². The van der Waals surface area contributed by atoms with E-state index in [9.17, 15) is 21.9 Å². The minimum Gasteiger partial charge on any atom is -0.310 e. The van der Waals surface area contributed by atoms with Gasteiger partial charge in [-0.15, -0.1) is 0 Å². The molecule has 0 spiro atoms. The molecule has 0 N–H and O–H groups in total. The number of aromatic nitrogens is 2. The molecule has 562 valence electrons. The molecule has 0 aliphatic carbocycles. The third kappa shape index (κ3) is 11.1. The van der Waals surface area contributed by atoms with Gasteiger partial charge in [-0.3, -0.25) is 0 Å². The molecule has 0 unspecified atom stereocenters. The third-order valence-electron chi connectivity index (χ3n) is 24.3. The Hall–Kier alpha value is -14.5. The van der Waals surface area contributed by atoms with E-state index in [-0.39, 0.29) is 114 Å². The third-order valence-corrected chi connectivity index (χ3v) is 24.3. The standard InChI is InChI=1S/C114H83BN4/c1-113(2,3)82-66-94(74-34-15-9-16-35-74)112(95(67-82)75-36-17-10-18-37-75)119-105-71-85(117-101-51-26-24-45-89(101)97-65-81(57-63-103(97)117)73-32-13-8-14-33-73)59-61-99(105)115-98-60-58-84(116-100-50-25-23-44-88(100)96-64-80(56-62-102(96)116)72-30-11-7-12-31-72)70-104(98)118(106-68-83(114(4,5)6)69-107(119)110(106)115)111-92(90-46-27-40-78-54-52-76-38-19-21-42-86(76)108(78)90)48-29-49-93(111)91-47-28-41-79-55-53-77-39-20-22-43-87(77)109(79)91/h7-71H,1-6H3/i23D,24D,25D,26D,44D,45D,50D,51D,56D,57D,62D,63D,64D,65D,68D,69D. The summed E-state index contributed by atoms with van der Waals surface area (Å²) in [4.78, 5) is 4.40. The van der Waals surface area contributed by atoms with Crippen LogP contribution < -0.4 is 26.2 Å². The van der Waals surface area contributed by atoms with Crippen molar-refractivity contribution >= 4 is 144 Å². The predicted molar refractivity (Wildman–Crippen MR) is 509 cm³/mol. The first-order chi connectivity index (χ1) is 65.0. The number of para-hydroxylation sites is 3. The van der Waals surface area contributed by atoms with Gasteiger partial charge in [-0.05, 0) is 211 Å².